The molecule has 42 heavy (non-hydrogen) atoms. The molecule has 0 bridgehead atoms. The SMILES string of the molecule is CCN(CCCOC1CCCCO1)C(=O)c1c(NC=O)nc(-c2ccc(OC3CCC3)nc2)n1Cc1ccc(C)cc1. The zero-order valence-electron chi connectivity index (χ0n) is 24.6. The van der Waals surface area contributed by atoms with Gasteiger partial charge in [-0.1, -0.05) is 29.8 Å². The molecule has 3 heterocycles. The lowest BCUT2D eigenvalue weighted by molar-refractivity contribution is -0.162. The first-order chi connectivity index (χ1) is 20.6. The first-order valence-electron chi connectivity index (χ1n) is 15.1. The van der Waals surface area contributed by atoms with Crippen LogP contribution in [0.2, 0.25) is 0 Å². The molecule has 1 aliphatic carbocycles. The number of hydrogen-bond donors (Lipinski definition) is 1. The molecule has 2 aromatic heterocycles. The molecule has 1 unspecified atom stereocenters. The van der Waals surface area contributed by atoms with Crippen LogP contribution in [0.5, 0.6) is 5.88 Å². The van der Waals surface area contributed by atoms with E-state index in [2.05, 4.69) is 10.3 Å². The van der Waals surface area contributed by atoms with E-state index in [1.54, 1.807) is 11.1 Å². The molecule has 3 aromatic rings. The summed E-state index contributed by atoms with van der Waals surface area (Å²) in [6.07, 6.45) is 9.35. The summed E-state index contributed by atoms with van der Waals surface area (Å²) < 4.78 is 19.4. The second-order valence-corrected chi connectivity index (χ2v) is 10.9. The molecule has 2 amide bonds. The molecule has 10 heteroatoms. The highest BCUT2D eigenvalue weighted by Gasteiger charge is 2.28. The number of aryl methyl sites for hydroxylation is 1. The van der Waals surface area contributed by atoms with Gasteiger partial charge in [0.25, 0.3) is 5.91 Å². The van der Waals surface area contributed by atoms with Crippen LogP contribution in [0.1, 0.15) is 73.5 Å². The second kappa shape index (κ2) is 14.4. The van der Waals surface area contributed by atoms with Crippen molar-refractivity contribution in [2.45, 2.75) is 77.7 Å². The Morgan fingerprint density at radius 2 is 1.98 bits per heavy atom. The number of nitrogens with one attached hydrogen (secondary N) is 1. The second-order valence-electron chi connectivity index (χ2n) is 10.9. The normalized spacial score (nSPS) is 17.0. The number of benzene rings is 1. The molecule has 224 valence electrons. The summed E-state index contributed by atoms with van der Waals surface area (Å²) >= 11 is 0. The predicted octanol–water partition coefficient (Wildman–Crippen LogP) is 5.20. The highest BCUT2D eigenvalue weighted by Crippen LogP contribution is 2.30. The molecule has 1 N–H and O–H groups in total. The number of aromatic nitrogens is 3. The molecular weight excluding hydrogens is 534 g/mol. The minimum Gasteiger partial charge on any atom is -0.474 e. The summed E-state index contributed by atoms with van der Waals surface area (Å²) in [6, 6.07) is 11.9. The molecule has 1 aromatic carbocycles. The van der Waals surface area contributed by atoms with Crippen LogP contribution in [-0.4, -0.2) is 70.4 Å². The first-order valence-corrected chi connectivity index (χ1v) is 15.1. The van der Waals surface area contributed by atoms with Crippen molar-refractivity contribution in [1.29, 1.82) is 0 Å². The highest BCUT2D eigenvalue weighted by molar-refractivity contribution is 6.00. The number of anilines is 1. The van der Waals surface area contributed by atoms with Gasteiger partial charge in [-0.3, -0.25) is 9.59 Å². The Balaban J connectivity index is 1.41. The minimum atomic E-state index is -0.209. The van der Waals surface area contributed by atoms with Gasteiger partial charge in [-0.25, -0.2) is 9.97 Å². The number of rotatable bonds is 14. The fraction of sp³-hybridized carbons (Fsp3) is 0.500. The number of carbonyl (C=O) groups is 2. The van der Waals surface area contributed by atoms with Crippen molar-refractivity contribution < 1.29 is 23.8 Å². The van der Waals surface area contributed by atoms with Crippen LogP contribution in [0.4, 0.5) is 5.82 Å². The van der Waals surface area contributed by atoms with Crippen molar-refractivity contribution in [3.8, 4) is 17.3 Å². The lowest BCUT2D eigenvalue weighted by Gasteiger charge is -2.25. The van der Waals surface area contributed by atoms with Gasteiger partial charge in [0.1, 0.15) is 11.9 Å². The maximum atomic E-state index is 14.1. The minimum absolute atomic E-state index is 0.162. The molecule has 1 aliphatic heterocycles. The van der Waals surface area contributed by atoms with Gasteiger partial charge >= 0.3 is 0 Å². The van der Waals surface area contributed by atoms with E-state index in [9.17, 15) is 9.59 Å². The maximum Gasteiger partial charge on any atom is 0.274 e. The van der Waals surface area contributed by atoms with E-state index in [-0.39, 0.29) is 24.1 Å². The fourth-order valence-electron chi connectivity index (χ4n) is 5.18. The zero-order valence-corrected chi connectivity index (χ0v) is 24.6. The molecule has 5 rings (SSSR count). The summed E-state index contributed by atoms with van der Waals surface area (Å²) in [5.74, 6) is 1.12. The molecule has 10 nitrogen and oxygen atoms in total. The van der Waals surface area contributed by atoms with Crippen molar-refractivity contribution in [2.24, 2.45) is 0 Å². The van der Waals surface area contributed by atoms with E-state index in [1.807, 2.05) is 54.8 Å². The zero-order chi connectivity index (χ0) is 29.3. The van der Waals surface area contributed by atoms with E-state index >= 15 is 0 Å². The van der Waals surface area contributed by atoms with Crippen LogP contribution in [0.15, 0.2) is 42.6 Å². The number of ether oxygens (including phenoxy) is 3. The number of amides is 2. The van der Waals surface area contributed by atoms with Crippen molar-refractivity contribution in [3.63, 3.8) is 0 Å². The largest absolute Gasteiger partial charge is 0.474 e. The fourth-order valence-corrected chi connectivity index (χ4v) is 5.18. The van der Waals surface area contributed by atoms with Gasteiger partial charge in [0, 0.05) is 44.1 Å². The topological polar surface area (TPSA) is 108 Å². The quantitative estimate of drug-likeness (QED) is 0.208. The van der Waals surface area contributed by atoms with Crippen LogP contribution in [0.25, 0.3) is 11.4 Å². The van der Waals surface area contributed by atoms with Crippen LogP contribution in [0, 0.1) is 6.92 Å². The van der Waals surface area contributed by atoms with Crippen molar-refractivity contribution in [3.05, 3.63) is 59.4 Å². The number of pyridine rings is 1. The summed E-state index contributed by atoms with van der Waals surface area (Å²) in [5.41, 5.74) is 3.20. The average molecular weight is 576 g/mol. The molecule has 2 aliphatic rings. The van der Waals surface area contributed by atoms with Crippen molar-refractivity contribution in [1.82, 2.24) is 19.4 Å². The van der Waals surface area contributed by atoms with Crippen molar-refractivity contribution in [2.75, 3.05) is 31.6 Å². The maximum absolute atomic E-state index is 14.1. The van der Waals surface area contributed by atoms with E-state index in [0.717, 1.165) is 55.4 Å². The smallest absolute Gasteiger partial charge is 0.274 e. The van der Waals surface area contributed by atoms with Crippen LogP contribution >= 0.6 is 0 Å². The Kier molecular flexibility index (Phi) is 10.2. The Labute approximate surface area is 247 Å². The molecule has 1 atom stereocenters. The summed E-state index contributed by atoms with van der Waals surface area (Å²) in [7, 11) is 0. The first kappa shape index (κ1) is 29.7. The number of nitrogens with zero attached hydrogens (tertiary/aromatic N) is 4. The van der Waals surface area contributed by atoms with Crippen LogP contribution in [-0.2, 0) is 20.8 Å². The summed E-state index contributed by atoms with van der Waals surface area (Å²) in [4.78, 5) is 36.8. The lowest BCUT2D eigenvalue weighted by Crippen LogP contribution is -2.35. The monoisotopic (exact) mass is 575 g/mol. The third kappa shape index (κ3) is 7.35. The Hall–Kier alpha value is -3.76. The van der Waals surface area contributed by atoms with Gasteiger partial charge in [0.2, 0.25) is 12.3 Å². The number of carbonyl (C=O) groups excluding carboxylic acids is 2. The van der Waals surface area contributed by atoms with Gasteiger partial charge in [-0.2, -0.15) is 0 Å². The lowest BCUT2D eigenvalue weighted by atomic mass is 9.96. The van der Waals surface area contributed by atoms with Crippen LogP contribution in [0.3, 0.4) is 0 Å². The van der Waals surface area contributed by atoms with Gasteiger partial charge in [-0.15, -0.1) is 0 Å². The van der Waals surface area contributed by atoms with Crippen molar-refractivity contribution >= 4 is 18.1 Å². The molecule has 2 fully saturated rings. The molecule has 0 spiro atoms. The Morgan fingerprint density at radius 3 is 2.62 bits per heavy atom. The molecule has 0 radical (unpaired) electrons. The average Bonchev–Trinajstić information content (AvgIpc) is 3.34. The van der Waals surface area contributed by atoms with Gasteiger partial charge in [0.05, 0.1) is 6.61 Å². The van der Waals surface area contributed by atoms with Gasteiger partial charge in [0.15, 0.2) is 17.8 Å². The predicted molar refractivity (Wildman–Crippen MR) is 159 cm³/mol. The third-order valence-electron chi connectivity index (χ3n) is 7.84. The highest BCUT2D eigenvalue weighted by atomic mass is 16.7. The molecule has 1 saturated carbocycles. The molecular formula is C32H41N5O5. The van der Waals surface area contributed by atoms with E-state index in [1.165, 1.54) is 6.42 Å². The molecule has 1 saturated heterocycles. The van der Waals surface area contributed by atoms with Gasteiger partial charge in [-0.05, 0) is 70.4 Å². The Morgan fingerprint density at radius 1 is 1.14 bits per heavy atom. The third-order valence-corrected chi connectivity index (χ3v) is 7.84. The van der Waals surface area contributed by atoms with Crippen LogP contribution < -0.4 is 10.1 Å². The van der Waals surface area contributed by atoms with E-state index in [0.29, 0.717) is 56.5 Å². The van der Waals surface area contributed by atoms with Gasteiger partial charge < -0.3 is 29.0 Å². The van der Waals surface area contributed by atoms with E-state index < -0.39 is 0 Å². The number of hydrogen-bond acceptors (Lipinski definition) is 7. The van der Waals surface area contributed by atoms with E-state index in [4.69, 9.17) is 19.2 Å². The summed E-state index contributed by atoms with van der Waals surface area (Å²) in [5, 5.41) is 2.68. The summed E-state index contributed by atoms with van der Waals surface area (Å²) in [6.45, 7) is 6.61. The standard InChI is InChI=1S/C32H41N5O5/c1-3-36(17-7-19-41-28-10-4-5-18-40-28)32(39)29-30(34-22-38)35-31(37(29)21-24-13-11-23(2)12-14-24)25-15-16-27(33-20-25)42-26-8-6-9-26/h11-16,20,22,26,28H,3-10,17-19,21H2,1-2H3,(H,34,38). The number of imidazole rings is 1. The Bertz CT molecular complexity index is 1310.